The van der Waals surface area contributed by atoms with Crippen molar-refractivity contribution in [1.29, 1.82) is 0 Å². The highest BCUT2D eigenvalue weighted by Crippen LogP contribution is 2.05. The average Bonchev–Trinajstić information content (AvgIpc) is 2.25. The van der Waals surface area contributed by atoms with Crippen LogP contribution in [0.25, 0.3) is 0 Å². The first-order chi connectivity index (χ1) is 7.25. The number of pyridine rings is 1. The molecule has 0 aliphatic rings. The van der Waals surface area contributed by atoms with Crippen LogP contribution in [-0.2, 0) is 6.54 Å². The number of benzene rings is 1. The molecular formula is C13H15N2+. The number of aryl methyl sites for hydroxylation is 1. The fourth-order valence-corrected chi connectivity index (χ4v) is 1.52. The van der Waals surface area contributed by atoms with Crippen molar-refractivity contribution in [3.63, 3.8) is 0 Å². The summed E-state index contributed by atoms with van der Waals surface area (Å²) in [6, 6.07) is 12.4. The molecule has 0 amide bonds. The zero-order valence-electron chi connectivity index (χ0n) is 8.85. The largest absolute Gasteiger partial charge is 0.394 e. The zero-order chi connectivity index (χ0) is 10.7. The molecule has 1 aromatic heterocycles. The lowest BCUT2D eigenvalue weighted by molar-refractivity contribution is -0.687. The highest BCUT2D eigenvalue weighted by atomic mass is 14.9. The maximum absolute atomic E-state index is 5.85. The first-order valence-corrected chi connectivity index (χ1v) is 5.05. The van der Waals surface area contributed by atoms with E-state index >= 15 is 0 Å². The number of hydrogen-bond acceptors (Lipinski definition) is 1. The topological polar surface area (TPSA) is 29.9 Å². The number of nitrogens with zero attached hydrogens (tertiary/aromatic N) is 1. The molecular weight excluding hydrogens is 184 g/mol. The van der Waals surface area contributed by atoms with E-state index in [-0.39, 0.29) is 0 Å². The number of rotatable bonds is 2. The molecule has 0 atom stereocenters. The highest BCUT2D eigenvalue weighted by molar-refractivity contribution is 5.40. The minimum absolute atomic E-state index is 0.841. The Morgan fingerprint density at radius 2 is 1.87 bits per heavy atom. The van der Waals surface area contributed by atoms with Gasteiger partial charge in [0.25, 0.3) is 0 Å². The van der Waals surface area contributed by atoms with Gasteiger partial charge in [-0.3, -0.25) is 0 Å². The van der Waals surface area contributed by atoms with E-state index in [0.717, 1.165) is 17.8 Å². The van der Waals surface area contributed by atoms with Gasteiger partial charge in [-0.15, -0.1) is 0 Å². The summed E-state index contributed by atoms with van der Waals surface area (Å²) in [5.74, 6) is 0. The summed E-state index contributed by atoms with van der Waals surface area (Å²) >= 11 is 0. The molecule has 0 aliphatic heterocycles. The van der Waals surface area contributed by atoms with E-state index in [9.17, 15) is 0 Å². The van der Waals surface area contributed by atoms with Crippen LogP contribution in [0.2, 0.25) is 0 Å². The average molecular weight is 199 g/mol. The number of nitrogen functional groups attached to an aromatic ring is 1. The smallest absolute Gasteiger partial charge is 0.192 e. The summed E-state index contributed by atoms with van der Waals surface area (Å²) in [7, 11) is 0. The van der Waals surface area contributed by atoms with Crippen LogP contribution in [0.15, 0.2) is 48.8 Å². The van der Waals surface area contributed by atoms with Crippen molar-refractivity contribution in [3.05, 3.63) is 59.9 Å². The Balaban J connectivity index is 2.22. The van der Waals surface area contributed by atoms with E-state index in [1.54, 1.807) is 0 Å². The van der Waals surface area contributed by atoms with Crippen LogP contribution >= 0.6 is 0 Å². The number of anilines is 1. The van der Waals surface area contributed by atoms with Crippen molar-refractivity contribution in [2.24, 2.45) is 0 Å². The first kappa shape index (κ1) is 9.71. The van der Waals surface area contributed by atoms with Gasteiger partial charge in [0.15, 0.2) is 18.9 Å². The second-order valence-corrected chi connectivity index (χ2v) is 3.74. The molecule has 0 bridgehead atoms. The van der Waals surface area contributed by atoms with Gasteiger partial charge in [-0.05, 0) is 12.5 Å². The Kier molecular flexibility index (Phi) is 2.68. The molecule has 0 spiro atoms. The van der Waals surface area contributed by atoms with Crippen molar-refractivity contribution in [3.8, 4) is 0 Å². The van der Waals surface area contributed by atoms with Crippen molar-refractivity contribution < 1.29 is 4.57 Å². The van der Waals surface area contributed by atoms with Crippen molar-refractivity contribution in [2.75, 3.05) is 5.73 Å². The number of nitrogens with two attached hydrogens (primary N) is 1. The Morgan fingerprint density at radius 3 is 2.53 bits per heavy atom. The number of hydrogen-bond donors (Lipinski definition) is 1. The van der Waals surface area contributed by atoms with Gasteiger partial charge in [-0.25, -0.2) is 0 Å². The van der Waals surface area contributed by atoms with Gasteiger partial charge in [0.1, 0.15) is 0 Å². The van der Waals surface area contributed by atoms with E-state index < -0.39 is 0 Å². The van der Waals surface area contributed by atoms with E-state index in [1.165, 1.54) is 5.56 Å². The molecule has 0 unspecified atom stereocenters. The third-order valence-corrected chi connectivity index (χ3v) is 2.48. The van der Waals surface area contributed by atoms with Gasteiger partial charge in [0.2, 0.25) is 0 Å². The van der Waals surface area contributed by atoms with E-state index in [4.69, 9.17) is 5.73 Å². The van der Waals surface area contributed by atoms with Gasteiger partial charge >= 0.3 is 0 Å². The molecule has 2 nitrogen and oxygen atoms in total. The Bertz CT molecular complexity index is 449. The summed E-state index contributed by atoms with van der Waals surface area (Å²) in [6.45, 7) is 2.88. The molecule has 2 aromatic rings. The Hall–Kier alpha value is -1.83. The first-order valence-electron chi connectivity index (χ1n) is 5.05. The van der Waals surface area contributed by atoms with Crippen LogP contribution in [0.4, 0.5) is 5.69 Å². The van der Waals surface area contributed by atoms with Crippen LogP contribution in [0.1, 0.15) is 11.1 Å². The summed E-state index contributed by atoms with van der Waals surface area (Å²) in [4.78, 5) is 0. The minimum Gasteiger partial charge on any atom is -0.394 e. The lowest BCUT2D eigenvalue weighted by Crippen LogP contribution is -2.33. The van der Waals surface area contributed by atoms with E-state index in [1.807, 2.05) is 37.4 Å². The normalized spacial score (nSPS) is 10.2. The van der Waals surface area contributed by atoms with Gasteiger partial charge in [0.05, 0.1) is 5.69 Å². The van der Waals surface area contributed by atoms with E-state index in [0.29, 0.717) is 0 Å². The van der Waals surface area contributed by atoms with Gasteiger partial charge in [-0.1, -0.05) is 30.3 Å². The Morgan fingerprint density at radius 1 is 1.13 bits per heavy atom. The summed E-state index contributed by atoms with van der Waals surface area (Å²) in [5, 5.41) is 0. The summed E-state index contributed by atoms with van der Waals surface area (Å²) in [6.07, 6.45) is 4.03. The molecule has 1 aromatic carbocycles. The van der Waals surface area contributed by atoms with Gasteiger partial charge in [-0.2, -0.15) is 4.57 Å². The fourth-order valence-electron chi connectivity index (χ4n) is 1.52. The molecule has 1 heterocycles. The van der Waals surface area contributed by atoms with Crippen LogP contribution in [0.5, 0.6) is 0 Å². The molecule has 0 fully saturated rings. The van der Waals surface area contributed by atoms with Crippen LogP contribution in [0, 0.1) is 6.92 Å². The maximum Gasteiger partial charge on any atom is 0.192 e. The summed E-state index contributed by atoms with van der Waals surface area (Å²) in [5.41, 5.74) is 9.10. The quantitative estimate of drug-likeness (QED) is 0.736. The van der Waals surface area contributed by atoms with Crippen molar-refractivity contribution in [2.45, 2.75) is 13.5 Å². The van der Waals surface area contributed by atoms with E-state index in [2.05, 4.69) is 22.9 Å². The van der Waals surface area contributed by atoms with Gasteiger partial charge < -0.3 is 5.73 Å². The fraction of sp³-hybridized carbons (Fsp3) is 0.154. The van der Waals surface area contributed by atoms with Gasteiger partial charge in [0, 0.05) is 11.6 Å². The molecule has 0 saturated carbocycles. The Labute approximate surface area is 90.0 Å². The molecule has 2 rings (SSSR count). The van der Waals surface area contributed by atoms with Crippen LogP contribution in [-0.4, -0.2) is 0 Å². The molecule has 2 heteroatoms. The number of aromatic nitrogens is 1. The molecule has 15 heavy (non-hydrogen) atoms. The maximum atomic E-state index is 5.85. The summed E-state index contributed by atoms with van der Waals surface area (Å²) < 4.78 is 2.09. The third kappa shape index (κ3) is 2.34. The third-order valence-electron chi connectivity index (χ3n) is 2.48. The van der Waals surface area contributed by atoms with Crippen molar-refractivity contribution >= 4 is 5.69 Å². The lowest BCUT2D eigenvalue weighted by Gasteiger charge is -2.00. The van der Waals surface area contributed by atoms with Crippen LogP contribution in [0.3, 0.4) is 0 Å². The zero-order valence-corrected chi connectivity index (χ0v) is 8.85. The minimum atomic E-state index is 0.841. The SMILES string of the molecule is Cc1cc[n+](Cc2ccccc2)cc1N. The van der Waals surface area contributed by atoms with Crippen molar-refractivity contribution in [1.82, 2.24) is 0 Å². The molecule has 0 aliphatic carbocycles. The monoisotopic (exact) mass is 199 g/mol. The standard InChI is InChI=1S/C13H15N2/c1-11-7-8-15(10-13(11)14)9-12-5-3-2-4-6-12/h2-8,10H,9,14H2,1H3/q+1. The lowest BCUT2D eigenvalue weighted by atomic mass is 10.2. The second kappa shape index (κ2) is 4.13. The van der Waals surface area contributed by atoms with Crippen LogP contribution < -0.4 is 10.3 Å². The molecule has 0 saturated heterocycles. The molecule has 76 valence electrons. The molecule has 0 radical (unpaired) electrons. The highest BCUT2D eigenvalue weighted by Gasteiger charge is 2.04. The predicted octanol–water partition coefficient (Wildman–Crippen LogP) is 1.91. The second-order valence-electron chi connectivity index (χ2n) is 3.74. The predicted molar refractivity (Wildman–Crippen MR) is 61.3 cm³/mol. The molecule has 2 N–H and O–H groups in total.